The standard InChI is InChI=1S/C7H11NO/c1-5(2)7(3)6(4-8)9-7/h5-6H,1-3H3. The maximum Gasteiger partial charge on any atom is 0.173 e. The van der Waals surface area contributed by atoms with Crippen molar-refractivity contribution in [3.05, 3.63) is 0 Å². The predicted octanol–water partition coefficient (Wildman–Crippen LogP) is 1.32. The highest BCUT2D eigenvalue weighted by atomic mass is 16.6. The van der Waals surface area contributed by atoms with E-state index in [1.807, 2.05) is 6.92 Å². The van der Waals surface area contributed by atoms with Gasteiger partial charge in [0, 0.05) is 0 Å². The summed E-state index contributed by atoms with van der Waals surface area (Å²) in [7, 11) is 0. The van der Waals surface area contributed by atoms with Gasteiger partial charge in [0.1, 0.15) is 5.60 Å². The highest BCUT2D eigenvalue weighted by Gasteiger charge is 2.54. The van der Waals surface area contributed by atoms with Gasteiger partial charge in [-0.3, -0.25) is 0 Å². The van der Waals surface area contributed by atoms with E-state index in [2.05, 4.69) is 19.9 Å². The van der Waals surface area contributed by atoms with Gasteiger partial charge in [0.15, 0.2) is 6.10 Å². The average Bonchev–Trinajstić information content (AvgIpc) is 2.44. The molecule has 1 aliphatic heterocycles. The molecule has 0 amide bonds. The molecule has 0 saturated carbocycles. The molecule has 0 spiro atoms. The van der Waals surface area contributed by atoms with Gasteiger partial charge in [0.2, 0.25) is 0 Å². The summed E-state index contributed by atoms with van der Waals surface area (Å²) >= 11 is 0. The van der Waals surface area contributed by atoms with Crippen LogP contribution in [0.4, 0.5) is 0 Å². The lowest BCUT2D eigenvalue weighted by atomic mass is 9.95. The van der Waals surface area contributed by atoms with Crippen LogP contribution in [-0.2, 0) is 4.74 Å². The summed E-state index contributed by atoms with van der Waals surface area (Å²) in [5, 5.41) is 8.42. The average molecular weight is 125 g/mol. The normalized spacial score (nSPS) is 40.6. The lowest BCUT2D eigenvalue weighted by Gasteiger charge is -2.06. The topological polar surface area (TPSA) is 36.3 Å². The number of epoxide rings is 1. The van der Waals surface area contributed by atoms with E-state index < -0.39 is 0 Å². The first-order chi connectivity index (χ1) is 4.11. The van der Waals surface area contributed by atoms with Crippen molar-refractivity contribution in [2.24, 2.45) is 5.92 Å². The fourth-order valence-corrected chi connectivity index (χ4v) is 0.813. The first kappa shape index (κ1) is 6.57. The molecule has 0 aromatic carbocycles. The maximum absolute atomic E-state index is 8.42. The molecule has 1 fully saturated rings. The smallest absolute Gasteiger partial charge is 0.173 e. The molecule has 0 bridgehead atoms. The summed E-state index contributed by atoms with van der Waals surface area (Å²) in [6.07, 6.45) is -0.155. The Kier molecular flexibility index (Phi) is 1.25. The number of nitrogens with zero attached hydrogens (tertiary/aromatic N) is 1. The van der Waals surface area contributed by atoms with Crippen molar-refractivity contribution in [3.8, 4) is 6.07 Å². The molecule has 9 heavy (non-hydrogen) atoms. The second-order valence-corrected chi connectivity index (χ2v) is 2.97. The van der Waals surface area contributed by atoms with Crippen molar-refractivity contribution in [2.75, 3.05) is 0 Å². The third-order valence-corrected chi connectivity index (χ3v) is 2.10. The molecule has 2 heteroatoms. The molecule has 0 N–H and O–H groups in total. The van der Waals surface area contributed by atoms with E-state index in [9.17, 15) is 0 Å². The minimum Gasteiger partial charge on any atom is -0.350 e. The van der Waals surface area contributed by atoms with Crippen LogP contribution in [0.1, 0.15) is 20.8 Å². The van der Waals surface area contributed by atoms with E-state index in [-0.39, 0.29) is 11.7 Å². The molecule has 50 valence electrons. The SMILES string of the molecule is CC(C)C1(C)OC1C#N. The van der Waals surface area contributed by atoms with Gasteiger partial charge in [-0.1, -0.05) is 13.8 Å². The summed E-state index contributed by atoms with van der Waals surface area (Å²) in [4.78, 5) is 0. The van der Waals surface area contributed by atoms with Crippen LogP contribution in [0.5, 0.6) is 0 Å². The first-order valence-electron chi connectivity index (χ1n) is 3.18. The van der Waals surface area contributed by atoms with E-state index in [1.54, 1.807) is 0 Å². The maximum atomic E-state index is 8.42. The predicted molar refractivity (Wildman–Crippen MR) is 33.7 cm³/mol. The molecule has 0 radical (unpaired) electrons. The fourth-order valence-electron chi connectivity index (χ4n) is 0.813. The minimum absolute atomic E-state index is 0.144. The van der Waals surface area contributed by atoms with E-state index in [0.29, 0.717) is 5.92 Å². The Hall–Kier alpha value is -0.550. The molecule has 2 nitrogen and oxygen atoms in total. The number of hydrogen-bond acceptors (Lipinski definition) is 2. The lowest BCUT2D eigenvalue weighted by molar-refractivity contribution is 0.257. The van der Waals surface area contributed by atoms with Gasteiger partial charge < -0.3 is 4.74 Å². The molecule has 0 aliphatic carbocycles. The second kappa shape index (κ2) is 1.71. The van der Waals surface area contributed by atoms with Gasteiger partial charge in [-0.15, -0.1) is 0 Å². The number of ether oxygens (including phenoxy) is 1. The van der Waals surface area contributed by atoms with Gasteiger partial charge >= 0.3 is 0 Å². The molecule has 1 heterocycles. The zero-order valence-corrected chi connectivity index (χ0v) is 6.01. The van der Waals surface area contributed by atoms with Gasteiger partial charge in [-0.2, -0.15) is 5.26 Å². The Morgan fingerprint density at radius 1 is 1.67 bits per heavy atom. The van der Waals surface area contributed by atoms with E-state index in [1.165, 1.54) is 0 Å². The summed E-state index contributed by atoms with van der Waals surface area (Å²) in [6, 6.07) is 2.09. The molecule has 0 aromatic rings. The zero-order valence-electron chi connectivity index (χ0n) is 6.01. The second-order valence-electron chi connectivity index (χ2n) is 2.97. The van der Waals surface area contributed by atoms with Crippen LogP contribution in [0.3, 0.4) is 0 Å². The fraction of sp³-hybridized carbons (Fsp3) is 0.857. The Labute approximate surface area is 55.4 Å². The monoisotopic (exact) mass is 125 g/mol. The Morgan fingerprint density at radius 2 is 2.22 bits per heavy atom. The number of nitriles is 1. The Bertz CT molecular complexity index is 159. The van der Waals surface area contributed by atoms with Crippen LogP contribution in [-0.4, -0.2) is 11.7 Å². The summed E-state index contributed by atoms with van der Waals surface area (Å²) in [6.45, 7) is 6.11. The largest absolute Gasteiger partial charge is 0.350 e. The number of rotatable bonds is 1. The third kappa shape index (κ3) is 0.818. The van der Waals surface area contributed by atoms with E-state index >= 15 is 0 Å². The molecule has 2 unspecified atom stereocenters. The molecular formula is C7H11NO. The van der Waals surface area contributed by atoms with E-state index in [4.69, 9.17) is 10.00 Å². The first-order valence-corrected chi connectivity index (χ1v) is 3.18. The van der Waals surface area contributed by atoms with Crippen LogP contribution in [0, 0.1) is 17.2 Å². The van der Waals surface area contributed by atoms with Gasteiger partial charge in [0.05, 0.1) is 6.07 Å². The van der Waals surface area contributed by atoms with Crippen molar-refractivity contribution in [3.63, 3.8) is 0 Å². The third-order valence-electron chi connectivity index (χ3n) is 2.10. The Morgan fingerprint density at radius 3 is 2.33 bits per heavy atom. The number of hydrogen-bond donors (Lipinski definition) is 0. The Balaban J connectivity index is 2.54. The summed E-state index contributed by atoms with van der Waals surface area (Å²) < 4.78 is 5.15. The van der Waals surface area contributed by atoms with Gasteiger partial charge in [-0.25, -0.2) is 0 Å². The quantitative estimate of drug-likeness (QED) is 0.495. The van der Waals surface area contributed by atoms with Crippen molar-refractivity contribution < 1.29 is 4.74 Å². The van der Waals surface area contributed by atoms with Crippen LogP contribution in [0.15, 0.2) is 0 Å². The van der Waals surface area contributed by atoms with Crippen molar-refractivity contribution >= 4 is 0 Å². The summed E-state index contributed by atoms with van der Waals surface area (Å²) in [5.41, 5.74) is -0.144. The zero-order chi connectivity index (χ0) is 7.07. The molecule has 0 aromatic heterocycles. The highest BCUT2D eigenvalue weighted by Crippen LogP contribution is 2.41. The lowest BCUT2D eigenvalue weighted by Crippen LogP contribution is -2.16. The molecule has 1 rings (SSSR count). The van der Waals surface area contributed by atoms with Crippen LogP contribution in [0.25, 0.3) is 0 Å². The van der Waals surface area contributed by atoms with Crippen LogP contribution in [0.2, 0.25) is 0 Å². The molecule has 1 saturated heterocycles. The van der Waals surface area contributed by atoms with Gasteiger partial charge in [0.25, 0.3) is 0 Å². The minimum atomic E-state index is -0.155. The van der Waals surface area contributed by atoms with Gasteiger partial charge in [-0.05, 0) is 12.8 Å². The molecule has 2 atom stereocenters. The van der Waals surface area contributed by atoms with Crippen molar-refractivity contribution in [1.82, 2.24) is 0 Å². The van der Waals surface area contributed by atoms with Crippen molar-refractivity contribution in [2.45, 2.75) is 32.5 Å². The van der Waals surface area contributed by atoms with Crippen LogP contribution < -0.4 is 0 Å². The van der Waals surface area contributed by atoms with E-state index in [0.717, 1.165) is 0 Å². The highest BCUT2D eigenvalue weighted by molar-refractivity contribution is 5.12. The van der Waals surface area contributed by atoms with Crippen molar-refractivity contribution in [1.29, 1.82) is 5.26 Å². The molecule has 1 aliphatic rings. The summed E-state index contributed by atoms with van der Waals surface area (Å²) in [5.74, 6) is 0.446. The van der Waals surface area contributed by atoms with Crippen LogP contribution >= 0.6 is 0 Å². The molecular weight excluding hydrogens is 114 g/mol.